The minimum absolute atomic E-state index is 0.0377. The predicted octanol–water partition coefficient (Wildman–Crippen LogP) is 2.73. The van der Waals surface area contributed by atoms with E-state index in [1.165, 1.54) is 0 Å². The van der Waals surface area contributed by atoms with Gasteiger partial charge in [-0.25, -0.2) is 0 Å². The maximum atomic E-state index is 13.3. The molecule has 2 bridgehead atoms. The molecule has 0 N–H and O–H groups in total. The van der Waals surface area contributed by atoms with E-state index < -0.39 is 17.4 Å². The van der Waals surface area contributed by atoms with Crippen LogP contribution in [0.2, 0.25) is 0 Å². The molecule has 138 valence electrons. The largest absolute Gasteiger partial charge is 0.465 e. The number of hydrogen-bond acceptors (Lipinski definition) is 4. The molecule has 0 aliphatic carbocycles. The zero-order valence-electron chi connectivity index (χ0n) is 15.5. The van der Waals surface area contributed by atoms with Crippen LogP contribution in [0.3, 0.4) is 0 Å². The first kappa shape index (κ1) is 17.3. The Morgan fingerprint density at radius 3 is 2.88 bits per heavy atom. The predicted molar refractivity (Wildman–Crippen MR) is 97.7 cm³/mol. The number of amides is 1. The molecule has 3 aliphatic heterocycles. The van der Waals surface area contributed by atoms with E-state index in [1.807, 2.05) is 50.3 Å². The van der Waals surface area contributed by atoms with E-state index >= 15 is 0 Å². The SMILES string of the molecule is CCc1ccccc1N1C[C@@]23C=C[C@@H](O2)C(C(=O)OCC(C)C)[C@H]3C1=O. The first-order valence-electron chi connectivity index (χ1n) is 9.40. The lowest BCUT2D eigenvalue weighted by Crippen LogP contribution is -2.40. The highest BCUT2D eigenvalue weighted by Gasteiger charge is 2.67. The van der Waals surface area contributed by atoms with Gasteiger partial charge >= 0.3 is 5.97 Å². The van der Waals surface area contributed by atoms with Gasteiger partial charge in [0.25, 0.3) is 0 Å². The van der Waals surface area contributed by atoms with Gasteiger partial charge in [-0.1, -0.05) is 51.1 Å². The topological polar surface area (TPSA) is 55.8 Å². The van der Waals surface area contributed by atoms with Crippen molar-refractivity contribution in [3.8, 4) is 0 Å². The summed E-state index contributed by atoms with van der Waals surface area (Å²) in [4.78, 5) is 27.8. The number of fused-ring (bicyclic) bond motifs is 1. The van der Waals surface area contributed by atoms with E-state index in [0.29, 0.717) is 13.2 Å². The lowest BCUT2D eigenvalue weighted by atomic mass is 9.77. The number of carbonyl (C=O) groups is 2. The molecule has 3 heterocycles. The van der Waals surface area contributed by atoms with Crippen LogP contribution in [0.4, 0.5) is 5.69 Å². The van der Waals surface area contributed by atoms with E-state index in [4.69, 9.17) is 9.47 Å². The zero-order valence-corrected chi connectivity index (χ0v) is 15.5. The lowest BCUT2D eigenvalue weighted by molar-refractivity contribution is -0.153. The number of esters is 1. The van der Waals surface area contributed by atoms with Crippen LogP contribution in [0.1, 0.15) is 26.3 Å². The van der Waals surface area contributed by atoms with Crippen LogP contribution in [0.5, 0.6) is 0 Å². The highest BCUT2D eigenvalue weighted by atomic mass is 16.6. The normalized spacial score (nSPS) is 31.8. The zero-order chi connectivity index (χ0) is 18.5. The van der Waals surface area contributed by atoms with E-state index in [2.05, 4.69) is 6.92 Å². The molecule has 26 heavy (non-hydrogen) atoms. The highest BCUT2D eigenvalue weighted by molar-refractivity contribution is 6.03. The van der Waals surface area contributed by atoms with Crippen molar-refractivity contribution in [1.29, 1.82) is 0 Å². The molecule has 2 fully saturated rings. The minimum Gasteiger partial charge on any atom is -0.465 e. The summed E-state index contributed by atoms with van der Waals surface area (Å²) >= 11 is 0. The van der Waals surface area contributed by atoms with E-state index in [1.54, 1.807) is 4.90 Å². The third-order valence-electron chi connectivity index (χ3n) is 5.59. The number of hydrogen-bond donors (Lipinski definition) is 0. The number of carbonyl (C=O) groups excluding carboxylic acids is 2. The number of benzene rings is 1. The van der Waals surface area contributed by atoms with Gasteiger partial charge in [0.2, 0.25) is 5.91 Å². The fraction of sp³-hybridized carbons (Fsp3) is 0.524. The first-order valence-corrected chi connectivity index (χ1v) is 9.40. The molecule has 1 unspecified atom stereocenters. The molecule has 5 heteroatoms. The molecule has 1 aromatic rings. The van der Waals surface area contributed by atoms with Crippen LogP contribution >= 0.6 is 0 Å². The third-order valence-corrected chi connectivity index (χ3v) is 5.59. The summed E-state index contributed by atoms with van der Waals surface area (Å²) in [7, 11) is 0. The average molecular weight is 355 g/mol. The molecule has 4 rings (SSSR count). The molecule has 0 aromatic heterocycles. The van der Waals surface area contributed by atoms with Crippen molar-refractivity contribution in [3.63, 3.8) is 0 Å². The summed E-state index contributed by atoms with van der Waals surface area (Å²) in [6, 6.07) is 7.93. The second-order valence-electron chi connectivity index (χ2n) is 7.83. The molecular weight excluding hydrogens is 330 g/mol. The Hall–Kier alpha value is -2.14. The Bertz CT molecular complexity index is 771. The molecule has 3 aliphatic rings. The maximum absolute atomic E-state index is 13.3. The smallest absolute Gasteiger partial charge is 0.312 e. The molecule has 5 nitrogen and oxygen atoms in total. The Morgan fingerprint density at radius 1 is 1.38 bits per heavy atom. The molecule has 0 radical (unpaired) electrons. The molecule has 1 amide bonds. The van der Waals surface area contributed by atoms with Gasteiger partial charge < -0.3 is 14.4 Å². The Kier molecular flexibility index (Phi) is 4.14. The summed E-state index contributed by atoms with van der Waals surface area (Å²) in [6.07, 6.45) is 4.38. The maximum Gasteiger partial charge on any atom is 0.312 e. The fourth-order valence-corrected chi connectivity index (χ4v) is 4.39. The van der Waals surface area contributed by atoms with Gasteiger partial charge in [0, 0.05) is 5.69 Å². The van der Waals surface area contributed by atoms with Gasteiger partial charge in [0.1, 0.15) is 11.5 Å². The van der Waals surface area contributed by atoms with Crippen molar-refractivity contribution in [1.82, 2.24) is 0 Å². The Morgan fingerprint density at radius 2 is 2.15 bits per heavy atom. The van der Waals surface area contributed by atoms with Gasteiger partial charge in [-0.05, 0) is 24.0 Å². The second-order valence-corrected chi connectivity index (χ2v) is 7.83. The van der Waals surface area contributed by atoms with Crippen molar-refractivity contribution >= 4 is 17.6 Å². The number of nitrogens with zero attached hydrogens (tertiary/aromatic N) is 1. The number of rotatable bonds is 5. The van der Waals surface area contributed by atoms with Crippen LogP contribution in [-0.4, -0.2) is 36.7 Å². The van der Waals surface area contributed by atoms with Crippen LogP contribution < -0.4 is 4.90 Å². The Labute approximate surface area is 154 Å². The monoisotopic (exact) mass is 355 g/mol. The Balaban J connectivity index is 1.64. The summed E-state index contributed by atoms with van der Waals surface area (Å²) in [5, 5.41) is 0. The van der Waals surface area contributed by atoms with Crippen molar-refractivity contribution in [2.45, 2.75) is 38.9 Å². The quantitative estimate of drug-likeness (QED) is 0.602. The summed E-state index contributed by atoms with van der Waals surface area (Å²) in [5.74, 6) is -1.15. The van der Waals surface area contributed by atoms with E-state index in [9.17, 15) is 9.59 Å². The average Bonchev–Trinajstić information content (AvgIpc) is 3.28. The standard InChI is InChI=1S/C21H25NO4/c1-4-14-7-5-6-8-15(14)22-12-21-10-9-16(26-21)17(18(21)19(22)23)20(24)25-11-13(2)3/h5-10,13,16-18H,4,11-12H2,1-3H3/t16-,17?,18+,21-/m1/s1. The number of ether oxygens (including phenoxy) is 2. The number of aryl methyl sites for hydroxylation is 1. The van der Waals surface area contributed by atoms with Crippen LogP contribution in [0.25, 0.3) is 0 Å². The molecule has 1 spiro atoms. The summed E-state index contributed by atoms with van der Waals surface area (Å²) in [5.41, 5.74) is 1.33. The van der Waals surface area contributed by atoms with Gasteiger partial charge in [0.05, 0.1) is 25.2 Å². The molecule has 1 aromatic carbocycles. The second kappa shape index (κ2) is 6.23. The number of para-hydroxylation sites is 1. The van der Waals surface area contributed by atoms with E-state index in [-0.39, 0.29) is 23.9 Å². The molecular formula is C21H25NO4. The van der Waals surface area contributed by atoms with Crippen LogP contribution in [0, 0.1) is 17.8 Å². The van der Waals surface area contributed by atoms with Gasteiger partial charge in [-0.3, -0.25) is 9.59 Å². The van der Waals surface area contributed by atoms with Gasteiger partial charge in [-0.2, -0.15) is 0 Å². The van der Waals surface area contributed by atoms with Crippen molar-refractivity contribution in [2.75, 3.05) is 18.1 Å². The third kappa shape index (κ3) is 2.49. The van der Waals surface area contributed by atoms with Crippen molar-refractivity contribution in [3.05, 3.63) is 42.0 Å². The highest BCUT2D eigenvalue weighted by Crippen LogP contribution is 2.53. The molecule has 2 saturated heterocycles. The van der Waals surface area contributed by atoms with E-state index in [0.717, 1.165) is 17.7 Å². The molecule has 0 saturated carbocycles. The van der Waals surface area contributed by atoms with Gasteiger partial charge in [0.15, 0.2) is 0 Å². The number of anilines is 1. The first-order chi connectivity index (χ1) is 12.5. The van der Waals surface area contributed by atoms with Crippen molar-refractivity contribution < 1.29 is 19.1 Å². The molecule has 4 atom stereocenters. The fourth-order valence-electron chi connectivity index (χ4n) is 4.39. The van der Waals surface area contributed by atoms with Gasteiger partial charge in [-0.15, -0.1) is 0 Å². The summed E-state index contributed by atoms with van der Waals surface area (Å²) in [6.45, 7) is 6.88. The lowest BCUT2D eigenvalue weighted by Gasteiger charge is -2.23. The minimum atomic E-state index is -0.704. The van der Waals surface area contributed by atoms with Crippen LogP contribution in [-0.2, 0) is 25.5 Å². The van der Waals surface area contributed by atoms with Crippen molar-refractivity contribution in [2.24, 2.45) is 17.8 Å². The van der Waals surface area contributed by atoms with Crippen LogP contribution in [0.15, 0.2) is 36.4 Å². The summed E-state index contributed by atoms with van der Waals surface area (Å²) < 4.78 is 11.6.